The number of hydrogen-bond acceptors (Lipinski definition) is 2. The highest BCUT2D eigenvalue weighted by molar-refractivity contribution is 7.08. The van der Waals surface area contributed by atoms with E-state index in [9.17, 15) is 4.79 Å². The Morgan fingerprint density at radius 2 is 2.23 bits per heavy atom. The highest BCUT2D eigenvalue weighted by Gasteiger charge is 2.22. The van der Waals surface area contributed by atoms with Gasteiger partial charge in [-0.15, -0.1) is 0 Å². The number of thiophene rings is 1. The van der Waals surface area contributed by atoms with Crippen molar-refractivity contribution in [3.05, 3.63) is 16.8 Å². The van der Waals surface area contributed by atoms with Crippen molar-refractivity contribution in [1.29, 1.82) is 0 Å². The highest BCUT2D eigenvalue weighted by atomic mass is 32.1. The van der Waals surface area contributed by atoms with Crippen LogP contribution in [0.1, 0.15) is 25.7 Å². The van der Waals surface area contributed by atoms with Gasteiger partial charge in [0.25, 0.3) is 0 Å². The summed E-state index contributed by atoms with van der Waals surface area (Å²) in [6, 6.07) is 1.94. The minimum absolute atomic E-state index is 0.205. The zero-order valence-corrected chi connectivity index (χ0v) is 8.27. The van der Waals surface area contributed by atoms with Gasteiger partial charge in [0.05, 0.1) is 5.69 Å². The summed E-state index contributed by atoms with van der Waals surface area (Å²) >= 11 is 1.61. The maximum absolute atomic E-state index is 11.6. The molecule has 13 heavy (non-hydrogen) atoms. The molecule has 0 unspecified atom stereocenters. The first-order valence-electron chi connectivity index (χ1n) is 4.69. The number of rotatable bonds is 2. The van der Waals surface area contributed by atoms with Gasteiger partial charge in [-0.1, -0.05) is 12.8 Å². The average Bonchev–Trinajstić information content (AvgIpc) is 2.74. The van der Waals surface area contributed by atoms with Crippen molar-refractivity contribution in [2.75, 3.05) is 5.32 Å². The second-order valence-corrected chi connectivity index (χ2v) is 4.26. The molecule has 2 rings (SSSR count). The number of nitrogens with one attached hydrogen (secondary N) is 1. The van der Waals surface area contributed by atoms with Crippen LogP contribution in [0.25, 0.3) is 0 Å². The molecule has 0 bridgehead atoms. The van der Waals surface area contributed by atoms with Crippen LogP contribution in [-0.4, -0.2) is 5.91 Å². The van der Waals surface area contributed by atoms with Gasteiger partial charge in [-0.3, -0.25) is 4.79 Å². The third-order valence-corrected chi connectivity index (χ3v) is 3.20. The molecule has 0 aliphatic heterocycles. The zero-order valence-electron chi connectivity index (χ0n) is 7.45. The molecule has 3 heteroatoms. The van der Waals surface area contributed by atoms with Crippen molar-refractivity contribution >= 4 is 22.9 Å². The van der Waals surface area contributed by atoms with Crippen LogP contribution in [0.4, 0.5) is 5.69 Å². The predicted octanol–water partition coefficient (Wildman–Crippen LogP) is 2.88. The van der Waals surface area contributed by atoms with Gasteiger partial charge in [0, 0.05) is 11.3 Å². The number of hydrogen-bond donors (Lipinski definition) is 1. The molecule has 70 valence electrons. The van der Waals surface area contributed by atoms with Crippen LogP contribution in [0.3, 0.4) is 0 Å². The number of amides is 1. The molecule has 1 heterocycles. The molecule has 1 amide bonds. The Morgan fingerprint density at radius 1 is 1.46 bits per heavy atom. The van der Waals surface area contributed by atoms with Crippen LogP contribution in [-0.2, 0) is 4.79 Å². The second kappa shape index (κ2) is 3.92. The molecule has 1 fully saturated rings. The van der Waals surface area contributed by atoms with E-state index < -0.39 is 0 Å². The van der Waals surface area contributed by atoms with Crippen LogP contribution in [0, 0.1) is 5.92 Å². The summed E-state index contributed by atoms with van der Waals surface area (Å²) in [6.07, 6.45) is 4.55. The van der Waals surface area contributed by atoms with Crippen LogP contribution >= 0.6 is 11.3 Å². The SMILES string of the molecule is O=C(Nc1ccsc1)C1CCCC1. The lowest BCUT2D eigenvalue weighted by atomic mass is 10.1. The maximum Gasteiger partial charge on any atom is 0.227 e. The summed E-state index contributed by atoms with van der Waals surface area (Å²) in [6.45, 7) is 0. The molecule has 0 spiro atoms. The summed E-state index contributed by atoms with van der Waals surface area (Å²) in [7, 11) is 0. The quantitative estimate of drug-likeness (QED) is 0.772. The van der Waals surface area contributed by atoms with E-state index in [0.717, 1.165) is 18.5 Å². The molecular formula is C10H13NOS. The van der Waals surface area contributed by atoms with Crippen molar-refractivity contribution in [3.8, 4) is 0 Å². The van der Waals surface area contributed by atoms with E-state index in [2.05, 4.69) is 5.32 Å². The van der Waals surface area contributed by atoms with E-state index in [1.165, 1.54) is 12.8 Å². The molecular weight excluding hydrogens is 182 g/mol. The molecule has 1 aliphatic rings. The zero-order chi connectivity index (χ0) is 9.10. The van der Waals surface area contributed by atoms with E-state index in [4.69, 9.17) is 0 Å². The number of carbonyl (C=O) groups is 1. The van der Waals surface area contributed by atoms with E-state index >= 15 is 0 Å². The Kier molecular flexibility index (Phi) is 2.64. The van der Waals surface area contributed by atoms with Crippen LogP contribution < -0.4 is 5.32 Å². The van der Waals surface area contributed by atoms with Crippen molar-refractivity contribution < 1.29 is 4.79 Å². The van der Waals surface area contributed by atoms with Gasteiger partial charge in [0.1, 0.15) is 0 Å². The van der Waals surface area contributed by atoms with Gasteiger partial charge in [0.2, 0.25) is 5.91 Å². The van der Waals surface area contributed by atoms with E-state index in [0.29, 0.717) is 0 Å². The van der Waals surface area contributed by atoms with E-state index in [1.54, 1.807) is 11.3 Å². The first kappa shape index (κ1) is 8.75. The fourth-order valence-electron chi connectivity index (χ4n) is 1.77. The summed E-state index contributed by atoms with van der Waals surface area (Å²) in [5.41, 5.74) is 0.946. The van der Waals surface area contributed by atoms with Crippen LogP contribution in [0.2, 0.25) is 0 Å². The normalized spacial score (nSPS) is 17.5. The van der Waals surface area contributed by atoms with Crippen molar-refractivity contribution in [3.63, 3.8) is 0 Å². The van der Waals surface area contributed by atoms with E-state index in [-0.39, 0.29) is 11.8 Å². The molecule has 1 aliphatic carbocycles. The fraction of sp³-hybridized carbons (Fsp3) is 0.500. The number of anilines is 1. The maximum atomic E-state index is 11.6. The van der Waals surface area contributed by atoms with Gasteiger partial charge < -0.3 is 5.32 Å². The third kappa shape index (κ3) is 2.10. The first-order valence-corrected chi connectivity index (χ1v) is 5.63. The minimum Gasteiger partial charge on any atom is -0.325 e. The Labute approximate surface area is 82.0 Å². The smallest absolute Gasteiger partial charge is 0.227 e. The monoisotopic (exact) mass is 195 g/mol. The molecule has 1 N–H and O–H groups in total. The predicted molar refractivity (Wildman–Crippen MR) is 54.9 cm³/mol. The van der Waals surface area contributed by atoms with Gasteiger partial charge in [0.15, 0.2) is 0 Å². The highest BCUT2D eigenvalue weighted by Crippen LogP contribution is 2.26. The van der Waals surface area contributed by atoms with Gasteiger partial charge >= 0.3 is 0 Å². The van der Waals surface area contributed by atoms with Crippen LogP contribution in [0.5, 0.6) is 0 Å². The molecule has 1 aromatic heterocycles. The lowest BCUT2D eigenvalue weighted by Gasteiger charge is -2.08. The summed E-state index contributed by atoms with van der Waals surface area (Å²) in [4.78, 5) is 11.6. The lowest BCUT2D eigenvalue weighted by molar-refractivity contribution is -0.119. The third-order valence-electron chi connectivity index (χ3n) is 2.51. The van der Waals surface area contributed by atoms with E-state index in [1.807, 2.05) is 16.8 Å². The Balaban J connectivity index is 1.91. The van der Waals surface area contributed by atoms with Crippen molar-refractivity contribution in [2.45, 2.75) is 25.7 Å². The topological polar surface area (TPSA) is 29.1 Å². The first-order chi connectivity index (χ1) is 6.36. The summed E-state index contributed by atoms with van der Waals surface area (Å²) < 4.78 is 0. The molecule has 0 saturated heterocycles. The van der Waals surface area contributed by atoms with Gasteiger partial charge in [-0.2, -0.15) is 11.3 Å². The summed E-state index contributed by atoms with van der Waals surface area (Å²) in [5.74, 6) is 0.468. The fourth-order valence-corrected chi connectivity index (χ4v) is 2.36. The molecule has 0 radical (unpaired) electrons. The van der Waals surface area contributed by atoms with Gasteiger partial charge in [-0.05, 0) is 24.3 Å². The molecule has 1 aromatic rings. The van der Waals surface area contributed by atoms with Gasteiger partial charge in [-0.25, -0.2) is 0 Å². The Morgan fingerprint density at radius 3 is 2.85 bits per heavy atom. The Hall–Kier alpha value is -0.830. The largest absolute Gasteiger partial charge is 0.325 e. The van der Waals surface area contributed by atoms with Crippen molar-refractivity contribution in [2.24, 2.45) is 5.92 Å². The standard InChI is InChI=1S/C10H13NOS/c12-10(8-3-1-2-4-8)11-9-5-6-13-7-9/h5-8H,1-4H2,(H,11,12). The molecule has 2 nitrogen and oxygen atoms in total. The second-order valence-electron chi connectivity index (χ2n) is 3.48. The number of carbonyl (C=O) groups excluding carboxylic acids is 1. The van der Waals surface area contributed by atoms with Crippen LogP contribution in [0.15, 0.2) is 16.8 Å². The summed E-state index contributed by atoms with van der Waals surface area (Å²) in [5, 5.41) is 6.88. The lowest BCUT2D eigenvalue weighted by Crippen LogP contribution is -2.19. The molecule has 0 atom stereocenters. The molecule has 1 saturated carbocycles. The average molecular weight is 195 g/mol. The van der Waals surface area contributed by atoms with Crippen molar-refractivity contribution in [1.82, 2.24) is 0 Å². The Bertz CT molecular complexity index is 275. The minimum atomic E-state index is 0.205. The molecule has 0 aromatic carbocycles.